The number of fused-ring (bicyclic) bond motifs is 1. The molecule has 0 aromatic heterocycles. The van der Waals surface area contributed by atoms with Crippen LogP contribution >= 0.6 is 11.8 Å². The molecule has 1 atom stereocenters. The molecule has 5 nitrogen and oxygen atoms in total. The lowest BCUT2D eigenvalue weighted by Gasteiger charge is -2.36. The molecule has 0 saturated heterocycles. The molecule has 0 radical (unpaired) electrons. The van der Waals surface area contributed by atoms with E-state index in [9.17, 15) is 9.59 Å². The van der Waals surface area contributed by atoms with Crippen LogP contribution in [0.15, 0.2) is 53.4 Å². The quantitative estimate of drug-likeness (QED) is 0.759. The van der Waals surface area contributed by atoms with E-state index in [2.05, 4.69) is 0 Å². The van der Waals surface area contributed by atoms with Crippen molar-refractivity contribution in [2.75, 3.05) is 13.7 Å². The van der Waals surface area contributed by atoms with Gasteiger partial charge >= 0.3 is 11.9 Å². The molecule has 1 aliphatic heterocycles. The average Bonchev–Trinajstić information content (AvgIpc) is 2.62. The molecular weight excluding hydrogens is 340 g/mol. The molecule has 1 unspecified atom stereocenters. The third-order valence-corrected chi connectivity index (χ3v) is 5.22. The number of esters is 2. The topological polar surface area (TPSA) is 61.8 Å². The Hall–Kier alpha value is -2.47. The molecule has 0 spiro atoms. The summed E-state index contributed by atoms with van der Waals surface area (Å²) in [7, 11) is 1.58. The predicted molar refractivity (Wildman–Crippen MR) is 93.6 cm³/mol. The van der Waals surface area contributed by atoms with Gasteiger partial charge in [0.25, 0.3) is 0 Å². The maximum absolute atomic E-state index is 12.5. The van der Waals surface area contributed by atoms with Crippen LogP contribution in [-0.4, -0.2) is 25.7 Å². The third-order valence-electron chi connectivity index (χ3n) is 3.85. The molecule has 3 rings (SSSR count). The summed E-state index contributed by atoms with van der Waals surface area (Å²) in [4.78, 5) is 24.3. The summed E-state index contributed by atoms with van der Waals surface area (Å²) in [6, 6.07) is 14.4. The van der Waals surface area contributed by atoms with Crippen LogP contribution in [0.4, 0.5) is 0 Å². The lowest BCUT2D eigenvalue weighted by atomic mass is 10.0. The summed E-state index contributed by atoms with van der Waals surface area (Å²) in [5, 5.41) is 0. The Kier molecular flexibility index (Phi) is 4.99. The fourth-order valence-electron chi connectivity index (χ4n) is 2.67. The highest BCUT2D eigenvalue weighted by atomic mass is 32.2. The summed E-state index contributed by atoms with van der Waals surface area (Å²) in [6.45, 7) is 2.01. The fraction of sp³-hybridized carbons (Fsp3) is 0.263. The molecule has 0 N–H and O–H groups in total. The Morgan fingerprint density at radius 3 is 2.56 bits per heavy atom. The number of methoxy groups -OCH3 is 1. The summed E-state index contributed by atoms with van der Waals surface area (Å²) >= 11 is 1.34. The third kappa shape index (κ3) is 3.49. The van der Waals surface area contributed by atoms with Crippen LogP contribution in [0, 0.1) is 0 Å². The minimum atomic E-state index is -1.16. The van der Waals surface area contributed by atoms with Crippen molar-refractivity contribution >= 4 is 23.7 Å². The first kappa shape index (κ1) is 17.4. The van der Waals surface area contributed by atoms with E-state index in [-0.39, 0.29) is 13.0 Å². The fourth-order valence-corrected chi connectivity index (χ4v) is 3.99. The predicted octanol–water partition coefficient (Wildman–Crippen LogP) is 3.76. The molecule has 1 heterocycles. The van der Waals surface area contributed by atoms with Crippen molar-refractivity contribution in [3.8, 4) is 5.75 Å². The zero-order valence-electron chi connectivity index (χ0n) is 14.0. The minimum Gasteiger partial charge on any atom is -0.497 e. The Morgan fingerprint density at radius 2 is 1.88 bits per heavy atom. The molecule has 0 amide bonds. The van der Waals surface area contributed by atoms with Crippen LogP contribution in [0.2, 0.25) is 0 Å². The highest BCUT2D eigenvalue weighted by Gasteiger charge is 2.45. The van der Waals surface area contributed by atoms with Crippen molar-refractivity contribution in [3.05, 3.63) is 59.7 Å². The standard InChI is InChI=1S/C19H18O5S/c1-3-23-17(20)12-19(13-8-10-14(22-2)11-9-13)24-18(21)15-6-4-5-7-16(15)25-19/h4-11H,3,12H2,1-2H3. The van der Waals surface area contributed by atoms with E-state index in [1.807, 2.05) is 12.1 Å². The Balaban J connectivity index is 2.03. The van der Waals surface area contributed by atoms with Gasteiger partial charge in [-0.3, -0.25) is 4.79 Å². The van der Waals surface area contributed by atoms with E-state index in [1.54, 1.807) is 50.4 Å². The minimum absolute atomic E-state index is 0.0715. The van der Waals surface area contributed by atoms with E-state index in [1.165, 1.54) is 11.8 Å². The molecule has 2 aromatic carbocycles. The van der Waals surface area contributed by atoms with Crippen molar-refractivity contribution in [2.45, 2.75) is 23.2 Å². The maximum atomic E-state index is 12.5. The van der Waals surface area contributed by atoms with Gasteiger partial charge in [-0.1, -0.05) is 36.0 Å². The van der Waals surface area contributed by atoms with Gasteiger partial charge in [0.1, 0.15) is 5.75 Å². The molecular formula is C19H18O5S. The molecule has 0 saturated carbocycles. The maximum Gasteiger partial charge on any atom is 0.341 e. The van der Waals surface area contributed by atoms with Crippen molar-refractivity contribution in [2.24, 2.45) is 0 Å². The Bertz CT molecular complexity index is 787. The summed E-state index contributed by atoms with van der Waals surface area (Å²) in [6.07, 6.45) is -0.0715. The van der Waals surface area contributed by atoms with Crippen molar-refractivity contribution in [1.82, 2.24) is 0 Å². The first-order valence-electron chi connectivity index (χ1n) is 7.89. The average molecular weight is 358 g/mol. The van der Waals surface area contributed by atoms with E-state index in [4.69, 9.17) is 14.2 Å². The van der Waals surface area contributed by atoms with E-state index in [0.29, 0.717) is 16.9 Å². The van der Waals surface area contributed by atoms with E-state index < -0.39 is 16.9 Å². The molecule has 6 heteroatoms. The van der Waals surface area contributed by atoms with Gasteiger partial charge < -0.3 is 14.2 Å². The van der Waals surface area contributed by atoms with Gasteiger partial charge in [0.05, 0.1) is 25.7 Å². The molecule has 25 heavy (non-hydrogen) atoms. The van der Waals surface area contributed by atoms with Crippen LogP contribution in [0.25, 0.3) is 0 Å². The van der Waals surface area contributed by atoms with Crippen molar-refractivity contribution < 1.29 is 23.8 Å². The number of hydrogen-bond acceptors (Lipinski definition) is 6. The number of thioether (sulfide) groups is 1. The van der Waals surface area contributed by atoms with Crippen LogP contribution in [0.3, 0.4) is 0 Å². The van der Waals surface area contributed by atoms with Gasteiger partial charge in [-0.25, -0.2) is 4.79 Å². The second kappa shape index (κ2) is 7.19. The number of ether oxygens (including phenoxy) is 3. The van der Waals surface area contributed by atoms with Gasteiger partial charge in [-0.05, 0) is 31.2 Å². The lowest BCUT2D eigenvalue weighted by molar-refractivity contribution is -0.146. The van der Waals surface area contributed by atoms with Gasteiger partial charge in [0.15, 0.2) is 4.93 Å². The summed E-state index contributed by atoms with van der Waals surface area (Å²) in [5.74, 6) is -0.185. The number of carbonyl (C=O) groups excluding carboxylic acids is 2. The first-order chi connectivity index (χ1) is 12.1. The molecule has 1 aliphatic rings. The summed E-state index contributed by atoms with van der Waals surface area (Å²) < 4.78 is 16.0. The number of cyclic esters (lactones) is 1. The Morgan fingerprint density at radius 1 is 1.16 bits per heavy atom. The molecule has 0 fully saturated rings. The SMILES string of the molecule is CCOC(=O)CC1(c2ccc(OC)cc2)OC(=O)c2ccccc2S1. The second-order valence-electron chi connectivity index (χ2n) is 5.45. The largest absolute Gasteiger partial charge is 0.497 e. The van der Waals surface area contributed by atoms with Gasteiger partial charge in [-0.15, -0.1) is 0 Å². The van der Waals surface area contributed by atoms with Crippen molar-refractivity contribution in [3.63, 3.8) is 0 Å². The van der Waals surface area contributed by atoms with Crippen LogP contribution in [0.5, 0.6) is 5.75 Å². The van der Waals surface area contributed by atoms with Crippen LogP contribution in [0.1, 0.15) is 29.3 Å². The number of benzene rings is 2. The smallest absolute Gasteiger partial charge is 0.341 e. The normalized spacial score (nSPS) is 18.9. The number of rotatable bonds is 5. The Labute approximate surface area is 150 Å². The zero-order valence-corrected chi connectivity index (χ0v) is 14.8. The number of hydrogen-bond donors (Lipinski definition) is 0. The van der Waals surface area contributed by atoms with Crippen LogP contribution < -0.4 is 4.74 Å². The van der Waals surface area contributed by atoms with Gasteiger partial charge in [0.2, 0.25) is 0 Å². The monoisotopic (exact) mass is 358 g/mol. The van der Waals surface area contributed by atoms with E-state index >= 15 is 0 Å². The van der Waals surface area contributed by atoms with Gasteiger partial charge in [0, 0.05) is 10.5 Å². The van der Waals surface area contributed by atoms with Crippen LogP contribution in [-0.2, 0) is 19.2 Å². The van der Waals surface area contributed by atoms with E-state index in [0.717, 1.165) is 4.90 Å². The zero-order chi connectivity index (χ0) is 17.9. The van der Waals surface area contributed by atoms with Gasteiger partial charge in [-0.2, -0.15) is 0 Å². The molecule has 0 aliphatic carbocycles. The lowest BCUT2D eigenvalue weighted by Crippen LogP contribution is -2.35. The van der Waals surface area contributed by atoms with Crippen molar-refractivity contribution in [1.29, 1.82) is 0 Å². The molecule has 130 valence electrons. The number of carbonyl (C=O) groups is 2. The first-order valence-corrected chi connectivity index (χ1v) is 8.71. The second-order valence-corrected chi connectivity index (χ2v) is 6.75. The highest BCUT2D eigenvalue weighted by Crippen LogP contribution is 2.50. The highest BCUT2D eigenvalue weighted by molar-refractivity contribution is 8.00. The summed E-state index contributed by atoms with van der Waals surface area (Å²) in [5.41, 5.74) is 1.20. The molecule has 2 aromatic rings. The molecule has 0 bridgehead atoms.